The minimum absolute atomic E-state index is 0.0618. The van der Waals surface area contributed by atoms with Crippen LogP contribution in [0.2, 0.25) is 0 Å². The van der Waals surface area contributed by atoms with E-state index in [1.807, 2.05) is 48.2 Å². The molecule has 2 aromatic rings. The predicted molar refractivity (Wildman–Crippen MR) is 103 cm³/mol. The van der Waals surface area contributed by atoms with Crippen LogP contribution in [0, 0.1) is 6.92 Å². The Morgan fingerprint density at radius 2 is 1.88 bits per heavy atom. The van der Waals surface area contributed by atoms with E-state index in [0.29, 0.717) is 5.92 Å². The number of carbonyl (C=O) groups is 1. The maximum atomic E-state index is 13.2. The third-order valence-electron chi connectivity index (χ3n) is 5.31. The number of piperidine rings is 1. The zero-order valence-corrected chi connectivity index (χ0v) is 15.7. The molecule has 0 saturated carbocycles. The smallest absolute Gasteiger partial charge is 0.248 e. The van der Waals surface area contributed by atoms with Crippen LogP contribution in [-0.2, 0) is 4.79 Å². The molecule has 3 rings (SSSR count). The molecule has 5 nitrogen and oxygen atoms in total. The third kappa shape index (κ3) is 3.88. The number of aromatic nitrogens is 1. The average molecular weight is 353 g/mol. The fraction of sp³-hybridized carbons (Fsp3) is 0.429. The van der Waals surface area contributed by atoms with Crippen molar-refractivity contribution in [2.45, 2.75) is 31.7 Å². The molecule has 26 heavy (non-hydrogen) atoms. The molecule has 1 amide bonds. The van der Waals surface area contributed by atoms with Crippen LogP contribution in [0.3, 0.4) is 0 Å². The van der Waals surface area contributed by atoms with Gasteiger partial charge in [0, 0.05) is 25.4 Å². The molecule has 0 radical (unpaired) electrons. The Kier molecular flexibility index (Phi) is 5.57. The highest BCUT2D eigenvalue weighted by molar-refractivity contribution is 5.83. The molecule has 138 valence electrons. The number of H-pyrrole nitrogens is 1. The van der Waals surface area contributed by atoms with E-state index in [0.717, 1.165) is 42.6 Å². The normalized spacial score (nSPS) is 16.7. The lowest BCUT2D eigenvalue weighted by molar-refractivity contribution is -0.137. The Labute approximate surface area is 154 Å². The maximum absolute atomic E-state index is 13.2. The number of pyridine rings is 1. The number of nitrogens with one attached hydrogen (secondary N) is 1. The maximum Gasteiger partial charge on any atom is 0.248 e. The highest BCUT2D eigenvalue weighted by Crippen LogP contribution is 2.30. The van der Waals surface area contributed by atoms with Gasteiger partial charge < -0.3 is 9.88 Å². The number of benzene rings is 1. The van der Waals surface area contributed by atoms with Crippen LogP contribution in [-0.4, -0.2) is 47.9 Å². The number of aryl methyl sites for hydroxylation is 1. The SMILES string of the molecule is Cc1ccccc1C(C(=O)N1CCC(c2cc[nH]c(=O)c2)CC1)N(C)C. The summed E-state index contributed by atoms with van der Waals surface area (Å²) in [6.07, 6.45) is 3.49. The monoisotopic (exact) mass is 353 g/mol. The molecule has 1 aliphatic rings. The van der Waals surface area contributed by atoms with Crippen molar-refractivity contribution in [2.24, 2.45) is 0 Å². The number of rotatable bonds is 4. The van der Waals surface area contributed by atoms with Gasteiger partial charge in [0.05, 0.1) is 0 Å². The Balaban J connectivity index is 1.72. The number of carbonyl (C=O) groups excluding carboxylic acids is 1. The van der Waals surface area contributed by atoms with Gasteiger partial charge in [-0.05, 0) is 62.5 Å². The number of aromatic amines is 1. The summed E-state index contributed by atoms with van der Waals surface area (Å²) in [7, 11) is 3.91. The average Bonchev–Trinajstić information content (AvgIpc) is 2.63. The van der Waals surface area contributed by atoms with Gasteiger partial charge in [0.2, 0.25) is 11.5 Å². The van der Waals surface area contributed by atoms with E-state index in [-0.39, 0.29) is 17.5 Å². The fourth-order valence-electron chi connectivity index (χ4n) is 3.85. The van der Waals surface area contributed by atoms with Crippen molar-refractivity contribution in [1.82, 2.24) is 14.8 Å². The number of hydrogen-bond donors (Lipinski definition) is 1. The second-order valence-corrected chi connectivity index (χ2v) is 7.31. The highest BCUT2D eigenvalue weighted by atomic mass is 16.2. The number of likely N-dealkylation sites (tertiary alicyclic amines) is 1. The first-order valence-electron chi connectivity index (χ1n) is 9.16. The molecule has 1 N–H and O–H groups in total. The van der Waals surface area contributed by atoms with Crippen LogP contribution in [0.5, 0.6) is 0 Å². The van der Waals surface area contributed by atoms with Crippen LogP contribution in [0.4, 0.5) is 0 Å². The van der Waals surface area contributed by atoms with Crippen molar-refractivity contribution in [3.63, 3.8) is 0 Å². The number of likely N-dealkylation sites (N-methyl/N-ethyl adjacent to an activating group) is 1. The zero-order chi connectivity index (χ0) is 18.7. The summed E-state index contributed by atoms with van der Waals surface area (Å²) in [6.45, 7) is 3.51. The molecule has 1 aromatic carbocycles. The largest absolute Gasteiger partial charge is 0.341 e. The first kappa shape index (κ1) is 18.4. The van der Waals surface area contributed by atoms with Crippen molar-refractivity contribution >= 4 is 5.91 Å². The van der Waals surface area contributed by atoms with Crippen molar-refractivity contribution in [3.05, 3.63) is 69.6 Å². The molecule has 2 heterocycles. The zero-order valence-electron chi connectivity index (χ0n) is 15.7. The van der Waals surface area contributed by atoms with Crippen LogP contribution < -0.4 is 5.56 Å². The van der Waals surface area contributed by atoms with Crippen molar-refractivity contribution in [3.8, 4) is 0 Å². The van der Waals surface area contributed by atoms with E-state index in [9.17, 15) is 9.59 Å². The van der Waals surface area contributed by atoms with Crippen molar-refractivity contribution < 1.29 is 4.79 Å². The predicted octanol–water partition coefficient (Wildman–Crippen LogP) is 2.69. The second-order valence-electron chi connectivity index (χ2n) is 7.31. The van der Waals surface area contributed by atoms with Crippen molar-refractivity contribution in [2.75, 3.05) is 27.2 Å². The Morgan fingerprint density at radius 1 is 1.19 bits per heavy atom. The Hall–Kier alpha value is -2.40. The van der Waals surface area contributed by atoms with E-state index in [4.69, 9.17) is 0 Å². The standard InChI is InChI=1S/C21H27N3O2/c1-15-6-4-5-7-18(15)20(23(2)3)21(26)24-12-9-16(10-13-24)17-8-11-22-19(25)14-17/h4-8,11,14,16,20H,9-10,12-13H2,1-3H3,(H,22,25). The molecule has 1 saturated heterocycles. The van der Waals surface area contributed by atoms with Gasteiger partial charge in [-0.25, -0.2) is 0 Å². The lowest BCUT2D eigenvalue weighted by Gasteiger charge is -2.36. The molecule has 0 bridgehead atoms. The van der Waals surface area contributed by atoms with E-state index in [1.165, 1.54) is 0 Å². The van der Waals surface area contributed by atoms with Gasteiger partial charge in [0.25, 0.3) is 0 Å². The molecule has 1 aromatic heterocycles. The lowest BCUT2D eigenvalue weighted by Crippen LogP contribution is -2.44. The van der Waals surface area contributed by atoms with Gasteiger partial charge in [-0.3, -0.25) is 14.5 Å². The summed E-state index contributed by atoms with van der Waals surface area (Å²) in [5.74, 6) is 0.506. The lowest BCUT2D eigenvalue weighted by atomic mass is 9.89. The van der Waals surface area contributed by atoms with E-state index in [2.05, 4.69) is 18.0 Å². The summed E-state index contributed by atoms with van der Waals surface area (Å²) in [5, 5.41) is 0. The summed E-state index contributed by atoms with van der Waals surface area (Å²) >= 11 is 0. The van der Waals surface area contributed by atoms with Crippen LogP contribution in [0.15, 0.2) is 47.4 Å². The molecule has 1 atom stereocenters. The molecule has 0 aliphatic carbocycles. The Bertz CT molecular complexity index is 820. The highest BCUT2D eigenvalue weighted by Gasteiger charge is 2.31. The van der Waals surface area contributed by atoms with Gasteiger partial charge >= 0.3 is 0 Å². The minimum atomic E-state index is -0.257. The first-order valence-corrected chi connectivity index (χ1v) is 9.16. The third-order valence-corrected chi connectivity index (χ3v) is 5.31. The minimum Gasteiger partial charge on any atom is -0.341 e. The van der Waals surface area contributed by atoms with Gasteiger partial charge in [0.1, 0.15) is 6.04 Å². The van der Waals surface area contributed by atoms with Gasteiger partial charge in [-0.1, -0.05) is 24.3 Å². The van der Waals surface area contributed by atoms with Gasteiger partial charge in [-0.15, -0.1) is 0 Å². The van der Waals surface area contributed by atoms with Crippen LogP contribution in [0.25, 0.3) is 0 Å². The molecule has 5 heteroatoms. The summed E-state index contributed by atoms with van der Waals surface area (Å²) < 4.78 is 0. The molecular formula is C21H27N3O2. The quantitative estimate of drug-likeness (QED) is 0.919. The molecule has 1 unspecified atom stereocenters. The Morgan fingerprint density at radius 3 is 2.50 bits per heavy atom. The second kappa shape index (κ2) is 7.87. The topological polar surface area (TPSA) is 56.4 Å². The number of hydrogen-bond acceptors (Lipinski definition) is 3. The summed E-state index contributed by atoms with van der Waals surface area (Å²) in [5.41, 5.74) is 3.22. The molecular weight excluding hydrogens is 326 g/mol. The fourth-order valence-corrected chi connectivity index (χ4v) is 3.85. The van der Waals surface area contributed by atoms with Crippen LogP contribution in [0.1, 0.15) is 41.5 Å². The molecule has 1 aliphatic heterocycles. The molecule has 0 spiro atoms. The number of amides is 1. The summed E-state index contributed by atoms with van der Waals surface area (Å²) in [6, 6.07) is 11.5. The van der Waals surface area contributed by atoms with E-state index < -0.39 is 0 Å². The van der Waals surface area contributed by atoms with E-state index >= 15 is 0 Å². The van der Waals surface area contributed by atoms with Crippen LogP contribution >= 0.6 is 0 Å². The first-order chi connectivity index (χ1) is 12.5. The number of nitrogens with zero attached hydrogens (tertiary/aromatic N) is 2. The van der Waals surface area contributed by atoms with E-state index in [1.54, 1.807) is 12.3 Å². The summed E-state index contributed by atoms with van der Waals surface area (Å²) in [4.78, 5) is 31.4. The molecule has 1 fully saturated rings. The van der Waals surface area contributed by atoms with Gasteiger partial charge in [-0.2, -0.15) is 0 Å². The van der Waals surface area contributed by atoms with Crippen molar-refractivity contribution in [1.29, 1.82) is 0 Å². The van der Waals surface area contributed by atoms with Gasteiger partial charge in [0.15, 0.2) is 0 Å².